The molecule has 13 heavy (non-hydrogen) atoms. The Bertz CT molecular complexity index is 468. The first-order valence-electron chi connectivity index (χ1n) is 3.58. The molecule has 0 radical (unpaired) electrons. The van der Waals surface area contributed by atoms with Crippen LogP contribution in [0.5, 0.6) is 0 Å². The maximum Gasteiger partial charge on any atom is 0.195 e. The van der Waals surface area contributed by atoms with Crippen LogP contribution in [0.25, 0.3) is 10.9 Å². The molecule has 1 aromatic heterocycles. The van der Waals surface area contributed by atoms with Crippen LogP contribution < -0.4 is 0 Å². The zero-order chi connectivity index (χ0) is 9.42. The molecule has 66 valence electrons. The van der Waals surface area contributed by atoms with Crippen molar-refractivity contribution in [2.45, 2.75) is 0 Å². The Morgan fingerprint density at radius 1 is 1.08 bits per heavy atom. The summed E-state index contributed by atoms with van der Waals surface area (Å²) < 4.78 is 38.3. The third-order valence-corrected chi connectivity index (χ3v) is 1.74. The van der Waals surface area contributed by atoms with Gasteiger partial charge in [0.1, 0.15) is 0 Å². The van der Waals surface area contributed by atoms with E-state index in [2.05, 4.69) is 4.98 Å². The molecule has 0 amide bonds. The minimum atomic E-state index is -1.46. The number of halogens is 3. The van der Waals surface area contributed by atoms with Gasteiger partial charge in [0.25, 0.3) is 0 Å². The summed E-state index contributed by atoms with van der Waals surface area (Å²) in [5.41, 5.74) is 0.110. The smallest absolute Gasteiger partial charge is 0.195 e. The lowest BCUT2D eigenvalue weighted by atomic mass is 10.2. The summed E-state index contributed by atoms with van der Waals surface area (Å²) in [5, 5.41) is -0.0126. The zero-order valence-corrected chi connectivity index (χ0v) is 6.39. The first kappa shape index (κ1) is 8.04. The molecule has 0 saturated heterocycles. The third-order valence-electron chi connectivity index (χ3n) is 1.74. The average molecular weight is 183 g/mol. The molecule has 0 fully saturated rings. The number of hydrogen-bond donors (Lipinski definition) is 0. The standard InChI is InChI=1S/C9H4F3N/c10-6-4-7-5(2-1-3-13-7)8(11)9(6)12/h1-4H. The highest BCUT2D eigenvalue weighted by Gasteiger charge is 2.12. The van der Waals surface area contributed by atoms with Gasteiger partial charge in [0.15, 0.2) is 17.5 Å². The summed E-state index contributed by atoms with van der Waals surface area (Å²) in [6, 6.07) is 3.68. The van der Waals surface area contributed by atoms with Crippen LogP contribution in [0.3, 0.4) is 0 Å². The number of hydrogen-bond acceptors (Lipinski definition) is 1. The van der Waals surface area contributed by atoms with Gasteiger partial charge in [-0.1, -0.05) is 0 Å². The van der Waals surface area contributed by atoms with Gasteiger partial charge in [-0.25, -0.2) is 13.2 Å². The van der Waals surface area contributed by atoms with Crippen LogP contribution in [0.15, 0.2) is 24.4 Å². The molecule has 2 aromatic rings. The molecule has 0 N–H and O–H groups in total. The van der Waals surface area contributed by atoms with E-state index in [1.54, 1.807) is 0 Å². The van der Waals surface area contributed by atoms with E-state index < -0.39 is 17.5 Å². The van der Waals surface area contributed by atoms with Crippen LogP contribution in [0, 0.1) is 17.5 Å². The predicted octanol–water partition coefficient (Wildman–Crippen LogP) is 2.65. The summed E-state index contributed by atoms with van der Waals surface area (Å²) in [7, 11) is 0. The van der Waals surface area contributed by atoms with Crippen molar-refractivity contribution in [2.24, 2.45) is 0 Å². The second kappa shape index (κ2) is 2.73. The number of aromatic nitrogens is 1. The molecule has 0 spiro atoms. The fourth-order valence-electron chi connectivity index (χ4n) is 1.12. The van der Waals surface area contributed by atoms with Gasteiger partial charge in [0, 0.05) is 17.6 Å². The molecule has 1 nitrogen and oxygen atoms in total. The van der Waals surface area contributed by atoms with Crippen molar-refractivity contribution in [3.8, 4) is 0 Å². The molecule has 0 saturated carbocycles. The van der Waals surface area contributed by atoms with Crippen molar-refractivity contribution in [3.63, 3.8) is 0 Å². The van der Waals surface area contributed by atoms with Gasteiger partial charge < -0.3 is 0 Å². The lowest BCUT2D eigenvalue weighted by Crippen LogP contribution is -1.92. The number of pyridine rings is 1. The van der Waals surface area contributed by atoms with Gasteiger partial charge >= 0.3 is 0 Å². The van der Waals surface area contributed by atoms with Crippen molar-refractivity contribution in [1.29, 1.82) is 0 Å². The Labute approximate surface area is 71.8 Å². The Morgan fingerprint density at radius 3 is 2.62 bits per heavy atom. The normalized spacial score (nSPS) is 10.7. The highest BCUT2D eigenvalue weighted by atomic mass is 19.2. The molecule has 0 bridgehead atoms. The van der Waals surface area contributed by atoms with Crippen molar-refractivity contribution in [1.82, 2.24) is 4.98 Å². The van der Waals surface area contributed by atoms with Gasteiger partial charge in [-0.2, -0.15) is 0 Å². The molecule has 0 unspecified atom stereocenters. The summed E-state index contributed by atoms with van der Waals surface area (Å²) in [6.45, 7) is 0. The van der Waals surface area contributed by atoms with Crippen LogP contribution in [-0.4, -0.2) is 4.98 Å². The summed E-state index contributed by atoms with van der Waals surface area (Å²) in [6.07, 6.45) is 1.39. The monoisotopic (exact) mass is 183 g/mol. The Balaban J connectivity index is 2.94. The second-order valence-electron chi connectivity index (χ2n) is 2.56. The first-order valence-corrected chi connectivity index (χ1v) is 3.58. The molecule has 1 aromatic carbocycles. The van der Waals surface area contributed by atoms with Crippen molar-refractivity contribution < 1.29 is 13.2 Å². The van der Waals surface area contributed by atoms with Crippen molar-refractivity contribution >= 4 is 10.9 Å². The van der Waals surface area contributed by atoms with Crippen LogP contribution in [0.4, 0.5) is 13.2 Å². The zero-order valence-electron chi connectivity index (χ0n) is 6.39. The minimum Gasteiger partial charge on any atom is -0.256 e. The van der Waals surface area contributed by atoms with E-state index in [4.69, 9.17) is 0 Å². The summed E-state index contributed by atoms with van der Waals surface area (Å²) >= 11 is 0. The quantitative estimate of drug-likeness (QED) is 0.572. The second-order valence-corrected chi connectivity index (χ2v) is 2.56. The predicted molar refractivity (Wildman–Crippen MR) is 41.6 cm³/mol. The van der Waals surface area contributed by atoms with Gasteiger partial charge in [-0.15, -0.1) is 0 Å². The lowest BCUT2D eigenvalue weighted by molar-refractivity contribution is 0.453. The van der Waals surface area contributed by atoms with E-state index in [-0.39, 0.29) is 10.9 Å². The van der Waals surface area contributed by atoms with Crippen LogP contribution in [-0.2, 0) is 0 Å². The van der Waals surface area contributed by atoms with E-state index in [0.717, 1.165) is 6.07 Å². The molecular formula is C9H4F3N. The molecule has 0 aliphatic rings. The molecule has 1 heterocycles. The molecular weight excluding hydrogens is 179 g/mol. The SMILES string of the molecule is Fc1cc2ncccc2c(F)c1F. The highest BCUT2D eigenvalue weighted by Crippen LogP contribution is 2.20. The maximum atomic E-state index is 13.0. The maximum absolute atomic E-state index is 13.0. The number of nitrogens with zero attached hydrogens (tertiary/aromatic N) is 1. The van der Waals surface area contributed by atoms with E-state index >= 15 is 0 Å². The van der Waals surface area contributed by atoms with E-state index in [9.17, 15) is 13.2 Å². The minimum absolute atomic E-state index is 0.0126. The highest BCUT2D eigenvalue weighted by molar-refractivity contribution is 5.79. The number of fused-ring (bicyclic) bond motifs is 1. The Kier molecular flexibility index (Phi) is 1.69. The first-order chi connectivity index (χ1) is 6.20. The molecule has 0 atom stereocenters. The van der Waals surface area contributed by atoms with E-state index in [1.165, 1.54) is 18.3 Å². The van der Waals surface area contributed by atoms with Gasteiger partial charge in [0.05, 0.1) is 5.52 Å². The van der Waals surface area contributed by atoms with Crippen molar-refractivity contribution in [2.75, 3.05) is 0 Å². The summed E-state index contributed by atoms with van der Waals surface area (Å²) in [5.74, 6) is -3.87. The number of benzene rings is 1. The molecule has 0 aliphatic carbocycles. The molecule has 2 rings (SSSR count). The van der Waals surface area contributed by atoms with Gasteiger partial charge in [-0.3, -0.25) is 4.98 Å². The van der Waals surface area contributed by atoms with Crippen LogP contribution >= 0.6 is 0 Å². The average Bonchev–Trinajstić information content (AvgIpc) is 2.15. The van der Waals surface area contributed by atoms with Gasteiger partial charge in [-0.05, 0) is 12.1 Å². The topological polar surface area (TPSA) is 12.9 Å². The summed E-state index contributed by atoms with van der Waals surface area (Å²) in [4.78, 5) is 3.70. The van der Waals surface area contributed by atoms with E-state index in [0.29, 0.717) is 0 Å². The largest absolute Gasteiger partial charge is 0.256 e. The fourth-order valence-corrected chi connectivity index (χ4v) is 1.12. The Hall–Kier alpha value is -1.58. The van der Waals surface area contributed by atoms with Gasteiger partial charge in [0.2, 0.25) is 0 Å². The van der Waals surface area contributed by atoms with Crippen LogP contribution in [0.1, 0.15) is 0 Å². The lowest BCUT2D eigenvalue weighted by Gasteiger charge is -1.99. The number of rotatable bonds is 0. The fraction of sp³-hybridized carbons (Fsp3) is 0. The molecule has 0 aliphatic heterocycles. The molecule has 4 heteroatoms. The van der Waals surface area contributed by atoms with Crippen LogP contribution in [0.2, 0.25) is 0 Å². The Morgan fingerprint density at radius 2 is 1.85 bits per heavy atom. The van der Waals surface area contributed by atoms with E-state index in [1.807, 2.05) is 0 Å². The third kappa shape index (κ3) is 1.14. The van der Waals surface area contributed by atoms with Crippen molar-refractivity contribution in [3.05, 3.63) is 41.8 Å².